The Morgan fingerprint density at radius 2 is 2.04 bits per heavy atom. The first-order chi connectivity index (χ1) is 13.1. The van der Waals surface area contributed by atoms with Gasteiger partial charge in [-0.25, -0.2) is 0 Å². The van der Waals surface area contributed by atoms with Gasteiger partial charge in [-0.05, 0) is 70.3 Å². The molecule has 4 heterocycles. The van der Waals surface area contributed by atoms with Crippen LogP contribution in [0.15, 0.2) is 62.0 Å². The third-order valence-electron chi connectivity index (χ3n) is 5.06. The summed E-state index contributed by atoms with van der Waals surface area (Å²) in [5, 5.41) is 18.1. The maximum absolute atomic E-state index is 9.76. The average Bonchev–Trinajstić information content (AvgIpc) is 3.34. The van der Waals surface area contributed by atoms with Crippen molar-refractivity contribution >= 4 is 28.7 Å². The van der Waals surface area contributed by atoms with Crippen molar-refractivity contribution in [2.75, 3.05) is 13.1 Å². The molecule has 0 aromatic carbocycles. The molecule has 2 aromatic heterocycles. The van der Waals surface area contributed by atoms with Crippen molar-refractivity contribution in [3.8, 4) is 6.07 Å². The molecule has 138 valence electrons. The van der Waals surface area contributed by atoms with Crippen molar-refractivity contribution < 1.29 is 4.74 Å². The topological polar surface area (TPSA) is 62.3 Å². The zero-order valence-electron chi connectivity index (χ0n) is 15.3. The van der Waals surface area contributed by atoms with Crippen molar-refractivity contribution in [1.82, 2.24) is 4.90 Å². The Morgan fingerprint density at radius 3 is 2.67 bits per heavy atom. The van der Waals surface area contributed by atoms with Gasteiger partial charge in [0, 0.05) is 24.7 Å². The van der Waals surface area contributed by atoms with Gasteiger partial charge in [0.25, 0.3) is 0 Å². The highest BCUT2D eigenvalue weighted by atomic mass is 32.1. The number of allylic oxidation sites excluding steroid dienone is 1. The lowest BCUT2D eigenvalue weighted by Gasteiger charge is -2.39. The van der Waals surface area contributed by atoms with Crippen LogP contribution in [0.1, 0.15) is 30.9 Å². The number of nitrogens with zero attached hydrogens (tertiary/aromatic N) is 2. The molecule has 4 nitrogen and oxygen atoms in total. The fourth-order valence-corrected chi connectivity index (χ4v) is 4.94. The molecule has 0 radical (unpaired) electrons. The van der Waals surface area contributed by atoms with Gasteiger partial charge in [0.05, 0.1) is 5.92 Å². The molecule has 4 rings (SSSR count). The standard InChI is InChI=1S/C21H21N3OS2/c1-13(2)24-9-16(7-14-3-5-26-11-14)20-18(10-24)19(15-4-6-27-12-15)17(8-22)21(23)25-20/h3-7,11-13,19H,9-10,23H2,1-2H3/b16-7-/t19-/m0/s1. The van der Waals surface area contributed by atoms with Gasteiger partial charge < -0.3 is 10.5 Å². The zero-order valence-corrected chi connectivity index (χ0v) is 16.9. The lowest BCUT2D eigenvalue weighted by molar-refractivity contribution is 0.208. The smallest absolute Gasteiger partial charge is 0.205 e. The Morgan fingerprint density at radius 1 is 1.26 bits per heavy atom. The van der Waals surface area contributed by atoms with Gasteiger partial charge in [-0.3, -0.25) is 4.90 Å². The van der Waals surface area contributed by atoms with Crippen LogP contribution in [0.25, 0.3) is 6.08 Å². The van der Waals surface area contributed by atoms with Crippen molar-refractivity contribution in [1.29, 1.82) is 5.26 Å². The molecule has 0 bridgehead atoms. The van der Waals surface area contributed by atoms with Crippen LogP contribution in [-0.2, 0) is 4.74 Å². The minimum atomic E-state index is -0.141. The highest BCUT2D eigenvalue weighted by Gasteiger charge is 2.38. The Kier molecular flexibility index (Phi) is 4.92. The normalized spacial score (nSPS) is 22.1. The number of ether oxygens (including phenoxy) is 1. The highest BCUT2D eigenvalue weighted by Crippen LogP contribution is 2.44. The van der Waals surface area contributed by atoms with Crippen molar-refractivity contribution in [3.05, 3.63) is 73.1 Å². The molecular weight excluding hydrogens is 374 g/mol. The van der Waals surface area contributed by atoms with Crippen molar-refractivity contribution in [3.63, 3.8) is 0 Å². The van der Waals surface area contributed by atoms with Crippen LogP contribution >= 0.6 is 22.7 Å². The first-order valence-corrected chi connectivity index (χ1v) is 10.8. The molecule has 0 fully saturated rings. The van der Waals surface area contributed by atoms with E-state index < -0.39 is 0 Å². The van der Waals surface area contributed by atoms with E-state index >= 15 is 0 Å². The Hall–Kier alpha value is -2.33. The predicted molar refractivity (Wildman–Crippen MR) is 111 cm³/mol. The number of rotatable bonds is 3. The molecule has 2 aliphatic rings. The lowest BCUT2D eigenvalue weighted by Crippen LogP contribution is -2.41. The van der Waals surface area contributed by atoms with Gasteiger partial charge in [0.2, 0.25) is 5.88 Å². The van der Waals surface area contributed by atoms with Crippen LogP contribution in [0.4, 0.5) is 0 Å². The van der Waals surface area contributed by atoms with Gasteiger partial charge in [0.1, 0.15) is 17.4 Å². The average molecular weight is 396 g/mol. The molecule has 0 unspecified atom stereocenters. The van der Waals surface area contributed by atoms with Crippen LogP contribution in [0, 0.1) is 11.3 Å². The van der Waals surface area contributed by atoms with E-state index in [-0.39, 0.29) is 11.8 Å². The highest BCUT2D eigenvalue weighted by molar-refractivity contribution is 7.08. The van der Waals surface area contributed by atoms with E-state index in [4.69, 9.17) is 10.5 Å². The van der Waals surface area contributed by atoms with Gasteiger partial charge >= 0.3 is 0 Å². The lowest BCUT2D eigenvalue weighted by atomic mass is 9.81. The van der Waals surface area contributed by atoms with E-state index in [1.807, 2.05) is 5.38 Å². The summed E-state index contributed by atoms with van der Waals surface area (Å²) in [4.78, 5) is 2.41. The van der Waals surface area contributed by atoms with Gasteiger partial charge in [-0.2, -0.15) is 27.9 Å². The van der Waals surface area contributed by atoms with Crippen molar-refractivity contribution in [2.24, 2.45) is 5.73 Å². The number of nitriles is 1. The fourth-order valence-electron chi connectivity index (χ4n) is 3.64. The SMILES string of the molecule is CC(C)N1CC2=C(OC(N)=C(C#N)[C@@H]2c2ccsc2)/C(=C\c2ccsc2)C1. The molecule has 0 saturated carbocycles. The predicted octanol–water partition coefficient (Wildman–Crippen LogP) is 4.68. The number of hydrogen-bond donors (Lipinski definition) is 1. The minimum Gasteiger partial charge on any atom is -0.440 e. The van der Waals surface area contributed by atoms with Crippen LogP contribution < -0.4 is 5.73 Å². The summed E-state index contributed by atoms with van der Waals surface area (Å²) in [5.74, 6) is 0.921. The molecule has 27 heavy (non-hydrogen) atoms. The second kappa shape index (κ2) is 7.35. The van der Waals surface area contributed by atoms with E-state index in [1.54, 1.807) is 22.7 Å². The molecule has 0 spiro atoms. The Balaban J connectivity index is 1.87. The van der Waals surface area contributed by atoms with Gasteiger partial charge in [-0.1, -0.05) is 0 Å². The summed E-state index contributed by atoms with van der Waals surface area (Å²) in [6.07, 6.45) is 2.18. The summed E-state index contributed by atoms with van der Waals surface area (Å²) < 4.78 is 6.04. The maximum atomic E-state index is 9.76. The first kappa shape index (κ1) is 18.1. The summed E-state index contributed by atoms with van der Waals surface area (Å²) in [5.41, 5.74) is 11.2. The summed E-state index contributed by atoms with van der Waals surface area (Å²) in [6, 6.07) is 6.86. The van der Waals surface area contributed by atoms with Crippen molar-refractivity contribution in [2.45, 2.75) is 25.8 Å². The summed E-state index contributed by atoms with van der Waals surface area (Å²) >= 11 is 3.31. The van der Waals surface area contributed by atoms with Crippen LogP contribution in [0.2, 0.25) is 0 Å². The number of hydrogen-bond acceptors (Lipinski definition) is 6. The van der Waals surface area contributed by atoms with Crippen LogP contribution in [0.5, 0.6) is 0 Å². The monoisotopic (exact) mass is 395 g/mol. The van der Waals surface area contributed by atoms with Gasteiger partial charge in [-0.15, -0.1) is 0 Å². The van der Waals surface area contributed by atoms with E-state index in [9.17, 15) is 5.26 Å². The molecule has 6 heteroatoms. The van der Waals surface area contributed by atoms with E-state index in [0.717, 1.165) is 41.1 Å². The van der Waals surface area contributed by atoms with Gasteiger partial charge in [0.15, 0.2) is 0 Å². The molecular formula is C21H21N3OS2. The number of thiophene rings is 2. The molecule has 0 aliphatic carbocycles. The van der Waals surface area contributed by atoms with Crippen LogP contribution in [-0.4, -0.2) is 24.0 Å². The molecule has 1 atom stereocenters. The second-order valence-electron chi connectivity index (χ2n) is 7.06. The number of nitrogens with two attached hydrogens (primary N) is 1. The maximum Gasteiger partial charge on any atom is 0.205 e. The zero-order chi connectivity index (χ0) is 19.0. The first-order valence-electron chi connectivity index (χ1n) is 8.88. The molecule has 0 amide bonds. The molecule has 2 aromatic rings. The minimum absolute atomic E-state index is 0.141. The largest absolute Gasteiger partial charge is 0.440 e. The second-order valence-corrected chi connectivity index (χ2v) is 8.62. The summed E-state index contributed by atoms with van der Waals surface area (Å²) in [6.45, 7) is 5.98. The fraction of sp³-hybridized carbons (Fsp3) is 0.286. The van der Waals surface area contributed by atoms with E-state index in [1.165, 1.54) is 0 Å². The molecule has 0 saturated heterocycles. The van der Waals surface area contributed by atoms with Crippen LogP contribution in [0.3, 0.4) is 0 Å². The third-order valence-corrected chi connectivity index (χ3v) is 6.46. The molecule has 2 N–H and O–H groups in total. The third kappa shape index (κ3) is 3.34. The quantitative estimate of drug-likeness (QED) is 0.820. The Labute approximate surface area is 167 Å². The Bertz CT molecular complexity index is 960. The summed E-state index contributed by atoms with van der Waals surface area (Å²) in [7, 11) is 0. The van der Waals surface area contributed by atoms with E-state index in [0.29, 0.717) is 11.6 Å². The molecule has 2 aliphatic heterocycles. The van der Waals surface area contributed by atoms with E-state index in [2.05, 4.69) is 59.2 Å².